The van der Waals surface area contributed by atoms with Crippen LogP contribution in [0.5, 0.6) is 0 Å². The van der Waals surface area contributed by atoms with Crippen LogP contribution in [0.1, 0.15) is 53.5 Å². The Bertz CT molecular complexity index is 1870. The molecule has 4 aromatic heterocycles. The zero-order valence-corrected chi connectivity index (χ0v) is 24.5. The van der Waals surface area contributed by atoms with Crippen LogP contribution in [0.4, 0.5) is 10.2 Å². The lowest BCUT2D eigenvalue weighted by atomic mass is 9.91. The summed E-state index contributed by atoms with van der Waals surface area (Å²) in [5.41, 5.74) is 11.3. The summed E-state index contributed by atoms with van der Waals surface area (Å²) in [6, 6.07) is 8.79. The van der Waals surface area contributed by atoms with Crippen LogP contribution in [0.3, 0.4) is 0 Å². The van der Waals surface area contributed by atoms with Crippen molar-refractivity contribution in [2.75, 3.05) is 18.5 Å². The van der Waals surface area contributed by atoms with Crippen molar-refractivity contribution < 1.29 is 13.4 Å². The predicted molar refractivity (Wildman–Crippen MR) is 159 cm³/mol. The number of fused-ring (bicyclic) bond motifs is 5. The Balaban J connectivity index is 1.26. The number of halogens is 1. The summed E-state index contributed by atoms with van der Waals surface area (Å²) in [6.07, 6.45) is 9.70. The largest absolute Gasteiger partial charge is 0.383 e. The molecule has 0 radical (unpaired) electrons. The molecular weight excluding hydrogens is 569 g/mol. The van der Waals surface area contributed by atoms with Crippen LogP contribution in [0.15, 0.2) is 53.9 Å². The third-order valence-electron chi connectivity index (χ3n) is 8.74. The maximum atomic E-state index is 14.2. The van der Waals surface area contributed by atoms with Crippen LogP contribution in [0.25, 0.3) is 28.0 Å². The third kappa shape index (κ3) is 4.77. The van der Waals surface area contributed by atoms with Crippen molar-refractivity contribution in [2.24, 2.45) is 5.92 Å². The number of amides is 1. The smallest absolute Gasteiger partial charge is 0.291 e. The SMILES string of the molecule is Cc1ccc(-c2ccc(-c3cnn4c(N)c(S(C)=O)c(C5CC6CCC(C5)N(C(=O)c5ncn[nH]5)C6)nc34)cn2)cc1F. The van der Waals surface area contributed by atoms with Gasteiger partial charge in [-0.05, 0) is 56.2 Å². The number of benzene rings is 1. The summed E-state index contributed by atoms with van der Waals surface area (Å²) in [5.74, 6) is 0.311. The summed E-state index contributed by atoms with van der Waals surface area (Å²) in [5, 5.41) is 11.0. The molecule has 2 saturated heterocycles. The molecule has 1 amide bonds. The summed E-state index contributed by atoms with van der Waals surface area (Å²) >= 11 is 0. The van der Waals surface area contributed by atoms with E-state index < -0.39 is 10.8 Å². The van der Waals surface area contributed by atoms with E-state index >= 15 is 0 Å². The van der Waals surface area contributed by atoms with Crippen LogP contribution in [-0.2, 0) is 10.8 Å². The summed E-state index contributed by atoms with van der Waals surface area (Å²) in [4.78, 5) is 29.4. The van der Waals surface area contributed by atoms with E-state index in [9.17, 15) is 13.4 Å². The van der Waals surface area contributed by atoms with Crippen LogP contribution < -0.4 is 5.73 Å². The number of nitrogens with two attached hydrogens (primary N) is 1. The highest BCUT2D eigenvalue weighted by molar-refractivity contribution is 7.84. The molecule has 2 bridgehead atoms. The fourth-order valence-electron chi connectivity index (χ4n) is 6.55. The molecule has 3 N–H and O–H groups in total. The van der Waals surface area contributed by atoms with E-state index in [-0.39, 0.29) is 41.2 Å². The molecule has 13 heteroatoms. The summed E-state index contributed by atoms with van der Waals surface area (Å²) in [7, 11) is -1.42. The quantitative estimate of drug-likeness (QED) is 0.306. The molecule has 2 aliphatic heterocycles. The lowest BCUT2D eigenvalue weighted by Crippen LogP contribution is -2.45. The van der Waals surface area contributed by atoms with Gasteiger partial charge in [-0.3, -0.25) is 19.1 Å². The first-order valence-electron chi connectivity index (χ1n) is 14.2. The summed E-state index contributed by atoms with van der Waals surface area (Å²) in [6.45, 7) is 2.35. The molecule has 6 heterocycles. The van der Waals surface area contributed by atoms with Gasteiger partial charge in [-0.15, -0.1) is 0 Å². The number of nitrogen functional groups attached to an aromatic ring is 1. The monoisotopic (exact) mass is 599 g/mol. The fourth-order valence-corrected chi connectivity index (χ4v) is 7.44. The van der Waals surface area contributed by atoms with Crippen molar-refractivity contribution >= 4 is 28.2 Å². The lowest BCUT2D eigenvalue weighted by Gasteiger charge is -2.36. The first-order chi connectivity index (χ1) is 20.8. The van der Waals surface area contributed by atoms with Crippen molar-refractivity contribution in [3.05, 3.63) is 72.0 Å². The van der Waals surface area contributed by atoms with E-state index in [4.69, 9.17) is 10.7 Å². The highest BCUT2D eigenvalue weighted by Gasteiger charge is 2.41. The minimum Gasteiger partial charge on any atom is -0.383 e. The Hall–Kier alpha value is -4.52. The number of pyridine rings is 1. The molecule has 0 spiro atoms. The van der Waals surface area contributed by atoms with Gasteiger partial charge in [0, 0.05) is 47.6 Å². The molecule has 3 aliphatic rings. The number of aromatic amines is 1. The van der Waals surface area contributed by atoms with Gasteiger partial charge in [0.05, 0.1) is 28.4 Å². The summed E-state index contributed by atoms with van der Waals surface area (Å²) < 4.78 is 28.8. The molecule has 3 fully saturated rings. The molecule has 1 saturated carbocycles. The number of piperidine rings is 1. The fraction of sp³-hybridized carbons (Fsp3) is 0.333. The van der Waals surface area contributed by atoms with E-state index in [0.717, 1.165) is 30.4 Å². The molecule has 8 rings (SSSR count). The first kappa shape index (κ1) is 27.3. The van der Waals surface area contributed by atoms with Gasteiger partial charge in [0.2, 0.25) is 5.82 Å². The van der Waals surface area contributed by atoms with Crippen molar-refractivity contribution in [3.63, 3.8) is 0 Å². The van der Waals surface area contributed by atoms with Crippen LogP contribution in [0.2, 0.25) is 0 Å². The third-order valence-corrected chi connectivity index (χ3v) is 9.73. The zero-order valence-electron chi connectivity index (χ0n) is 23.7. The molecule has 5 aromatic rings. The number of carbonyl (C=O) groups is 1. The highest BCUT2D eigenvalue weighted by Crippen LogP contribution is 2.44. The molecular formula is C30H30FN9O2S. The maximum Gasteiger partial charge on any atom is 0.291 e. The van der Waals surface area contributed by atoms with Gasteiger partial charge >= 0.3 is 0 Å². The number of carbonyl (C=O) groups excluding carboxylic acids is 1. The average Bonchev–Trinajstić information content (AvgIpc) is 3.61. The second-order valence-electron chi connectivity index (χ2n) is 11.4. The minimum atomic E-state index is -1.42. The highest BCUT2D eigenvalue weighted by atomic mass is 32.2. The number of aryl methyl sites for hydroxylation is 1. The van der Waals surface area contributed by atoms with Crippen molar-refractivity contribution in [1.29, 1.82) is 0 Å². The molecule has 43 heavy (non-hydrogen) atoms. The van der Waals surface area contributed by atoms with Gasteiger partial charge in [0.15, 0.2) is 5.65 Å². The van der Waals surface area contributed by atoms with Gasteiger partial charge in [-0.2, -0.15) is 14.7 Å². The Morgan fingerprint density at radius 2 is 1.95 bits per heavy atom. The van der Waals surface area contributed by atoms with Crippen molar-refractivity contribution in [2.45, 2.75) is 49.5 Å². The van der Waals surface area contributed by atoms with Crippen molar-refractivity contribution in [1.82, 2.24) is 39.7 Å². The lowest BCUT2D eigenvalue weighted by molar-refractivity contribution is 0.0558. The average molecular weight is 600 g/mol. The first-order valence-corrected chi connectivity index (χ1v) is 15.7. The predicted octanol–water partition coefficient (Wildman–Crippen LogP) is 4.14. The molecule has 4 unspecified atom stereocenters. The number of rotatable bonds is 5. The van der Waals surface area contributed by atoms with E-state index in [1.807, 2.05) is 23.1 Å². The Kier molecular flexibility index (Phi) is 6.76. The van der Waals surface area contributed by atoms with Crippen LogP contribution in [0, 0.1) is 18.7 Å². The van der Waals surface area contributed by atoms with Gasteiger partial charge in [0.1, 0.15) is 22.9 Å². The van der Waals surface area contributed by atoms with Crippen molar-refractivity contribution in [3.8, 4) is 22.4 Å². The molecule has 11 nitrogen and oxygen atoms in total. The Morgan fingerprint density at radius 3 is 2.67 bits per heavy atom. The Morgan fingerprint density at radius 1 is 1.12 bits per heavy atom. The zero-order chi connectivity index (χ0) is 29.8. The Labute approximate surface area is 249 Å². The number of hydrogen-bond donors (Lipinski definition) is 2. The molecule has 220 valence electrons. The van der Waals surface area contributed by atoms with Gasteiger partial charge in [0.25, 0.3) is 5.91 Å². The molecule has 1 aliphatic carbocycles. The van der Waals surface area contributed by atoms with Crippen LogP contribution in [-0.4, -0.2) is 68.6 Å². The maximum absolute atomic E-state index is 14.2. The van der Waals surface area contributed by atoms with E-state index in [2.05, 4.69) is 25.3 Å². The number of H-pyrrole nitrogens is 1. The molecule has 1 aromatic carbocycles. The standard InChI is InChI=1S/C30H30FN9O2S/c1-16-3-5-18(11-23(16)31)24-8-6-19(12-33-24)22-13-36-40-27(32)26(43(2)42)25(37-29(22)40)20-9-17-4-7-21(10-20)39(14-17)30(41)28-34-15-35-38-28/h3,5-6,8,11-13,15,17,20-21H,4,7,9-10,14,32H2,1-2H3,(H,34,35,38). The molecule has 4 atom stereocenters. The topological polar surface area (TPSA) is 148 Å². The van der Waals surface area contributed by atoms with E-state index in [0.29, 0.717) is 46.0 Å². The number of nitrogens with zero attached hydrogens (tertiary/aromatic N) is 7. The van der Waals surface area contributed by atoms with Crippen LogP contribution >= 0.6 is 0 Å². The number of aromatic nitrogens is 7. The van der Waals surface area contributed by atoms with E-state index in [1.54, 1.807) is 31.6 Å². The number of hydrogen-bond acceptors (Lipinski definition) is 8. The van der Waals surface area contributed by atoms with Gasteiger partial charge in [-0.1, -0.05) is 18.2 Å². The number of nitrogens with one attached hydrogen (secondary N) is 1. The normalized spacial score (nSPS) is 20.8. The second kappa shape index (κ2) is 10.6. The van der Waals surface area contributed by atoms with Gasteiger partial charge < -0.3 is 10.6 Å². The second-order valence-corrected chi connectivity index (χ2v) is 12.7. The van der Waals surface area contributed by atoms with Gasteiger partial charge in [-0.25, -0.2) is 14.4 Å². The van der Waals surface area contributed by atoms with E-state index in [1.165, 1.54) is 16.9 Å². The minimum absolute atomic E-state index is 0.00789. The number of anilines is 1.